The second-order valence-electron chi connectivity index (χ2n) is 5.31. The molecule has 0 atom stereocenters. The van der Waals surface area contributed by atoms with Crippen molar-refractivity contribution in [3.05, 3.63) is 22.7 Å². The molecule has 0 radical (unpaired) electrons. The molecule has 1 aliphatic heterocycles. The number of benzene rings is 1. The maximum Gasteiger partial charge on any atom is 0.251 e. The summed E-state index contributed by atoms with van der Waals surface area (Å²) in [6, 6.07) is 3.18. The second kappa shape index (κ2) is 6.77. The van der Waals surface area contributed by atoms with Crippen LogP contribution in [0.25, 0.3) is 0 Å². The first-order valence-corrected chi connectivity index (χ1v) is 8.07. The van der Waals surface area contributed by atoms with Crippen molar-refractivity contribution < 1.29 is 19.4 Å². The summed E-state index contributed by atoms with van der Waals surface area (Å²) in [6.07, 6.45) is 0. The van der Waals surface area contributed by atoms with Gasteiger partial charge in [-0.15, -0.1) is 0 Å². The van der Waals surface area contributed by atoms with Crippen molar-refractivity contribution in [2.45, 2.75) is 19.4 Å². The summed E-state index contributed by atoms with van der Waals surface area (Å²) >= 11 is 7.62. The van der Waals surface area contributed by atoms with Gasteiger partial charge in [-0.25, -0.2) is 0 Å². The molecule has 1 amide bonds. The van der Waals surface area contributed by atoms with E-state index in [0.29, 0.717) is 34.4 Å². The summed E-state index contributed by atoms with van der Waals surface area (Å²) in [5.41, 5.74) is -0.253. The Balaban J connectivity index is 1.83. The topological polar surface area (TPSA) is 67.8 Å². The van der Waals surface area contributed by atoms with Crippen LogP contribution in [0.2, 0.25) is 5.02 Å². The monoisotopic (exact) mass is 331 g/mol. The Morgan fingerprint density at radius 3 is 2.95 bits per heavy atom. The summed E-state index contributed by atoms with van der Waals surface area (Å²) in [4.78, 5) is 12.0. The van der Waals surface area contributed by atoms with Crippen LogP contribution in [0.5, 0.6) is 11.5 Å². The fourth-order valence-corrected chi connectivity index (χ4v) is 2.91. The molecule has 1 aromatic carbocycles. The van der Waals surface area contributed by atoms with Crippen molar-refractivity contribution in [3.63, 3.8) is 0 Å². The van der Waals surface area contributed by atoms with Crippen LogP contribution in [-0.4, -0.2) is 41.5 Å². The molecule has 0 aliphatic carbocycles. The lowest BCUT2D eigenvalue weighted by Crippen LogP contribution is -2.27. The summed E-state index contributed by atoms with van der Waals surface area (Å²) < 4.78 is 10.4. The first kappa shape index (κ1) is 16.3. The van der Waals surface area contributed by atoms with Gasteiger partial charge in [0.05, 0.1) is 10.6 Å². The SMILES string of the molecule is CC(C)(O)CSCCNC(=O)c1cc(Cl)c2c(c1)OCO2. The molecule has 21 heavy (non-hydrogen) atoms. The zero-order valence-electron chi connectivity index (χ0n) is 11.9. The van der Waals surface area contributed by atoms with Gasteiger partial charge >= 0.3 is 0 Å². The van der Waals surface area contributed by atoms with Gasteiger partial charge < -0.3 is 19.9 Å². The van der Waals surface area contributed by atoms with Gasteiger partial charge in [-0.1, -0.05) is 11.6 Å². The molecular weight excluding hydrogens is 314 g/mol. The number of ether oxygens (including phenoxy) is 2. The summed E-state index contributed by atoms with van der Waals surface area (Å²) in [5.74, 6) is 2.12. The number of rotatable bonds is 6. The van der Waals surface area contributed by atoms with Crippen molar-refractivity contribution in [2.75, 3.05) is 24.8 Å². The molecule has 5 nitrogen and oxygen atoms in total. The smallest absolute Gasteiger partial charge is 0.251 e. The Morgan fingerprint density at radius 2 is 2.24 bits per heavy atom. The van der Waals surface area contributed by atoms with Crippen molar-refractivity contribution >= 4 is 29.3 Å². The number of carbonyl (C=O) groups is 1. The van der Waals surface area contributed by atoms with Gasteiger partial charge in [0, 0.05) is 23.6 Å². The van der Waals surface area contributed by atoms with E-state index in [4.69, 9.17) is 21.1 Å². The minimum absolute atomic E-state index is 0.119. The zero-order chi connectivity index (χ0) is 15.5. The molecule has 0 saturated heterocycles. The lowest BCUT2D eigenvalue weighted by Gasteiger charge is -2.16. The van der Waals surface area contributed by atoms with Gasteiger partial charge in [0.25, 0.3) is 5.91 Å². The zero-order valence-corrected chi connectivity index (χ0v) is 13.5. The van der Waals surface area contributed by atoms with Crippen LogP contribution in [0, 0.1) is 0 Å². The number of amides is 1. The average molecular weight is 332 g/mol. The van der Waals surface area contributed by atoms with E-state index in [1.54, 1.807) is 37.7 Å². The molecule has 0 spiro atoms. The van der Waals surface area contributed by atoms with E-state index in [1.807, 2.05) is 0 Å². The minimum atomic E-state index is -0.695. The summed E-state index contributed by atoms with van der Waals surface area (Å²) in [6.45, 7) is 4.15. The van der Waals surface area contributed by atoms with Gasteiger partial charge in [0.15, 0.2) is 11.5 Å². The van der Waals surface area contributed by atoms with Crippen LogP contribution in [0.1, 0.15) is 24.2 Å². The lowest BCUT2D eigenvalue weighted by molar-refractivity contribution is 0.0955. The highest BCUT2D eigenvalue weighted by Crippen LogP contribution is 2.39. The molecule has 7 heteroatoms. The largest absolute Gasteiger partial charge is 0.454 e. The van der Waals surface area contributed by atoms with Crippen LogP contribution in [0.4, 0.5) is 0 Å². The number of aliphatic hydroxyl groups is 1. The molecule has 1 heterocycles. The first-order chi connectivity index (χ1) is 9.87. The van der Waals surface area contributed by atoms with Gasteiger partial charge in [-0.2, -0.15) is 11.8 Å². The lowest BCUT2D eigenvalue weighted by atomic mass is 10.2. The highest BCUT2D eigenvalue weighted by molar-refractivity contribution is 7.99. The van der Waals surface area contributed by atoms with E-state index in [9.17, 15) is 9.90 Å². The Kier molecular flexibility index (Phi) is 5.24. The van der Waals surface area contributed by atoms with Crippen molar-refractivity contribution in [1.82, 2.24) is 5.32 Å². The number of hydrogen-bond acceptors (Lipinski definition) is 5. The summed E-state index contributed by atoms with van der Waals surface area (Å²) in [7, 11) is 0. The Bertz CT molecular complexity index is 530. The van der Waals surface area contributed by atoms with Crippen LogP contribution < -0.4 is 14.8 Å². The Labute approximate surface area is 133 Å². The fourth-order valence-electron chi connectivity index (χ4n) is 1.76. The standard InChI is InChI=1S/C14H18ClNO4S/c1-14(2,18)7-21-4-3-16-13(17)9-5-10(15)12-11(6-9)19-8-20-12/h5-6,18H,3-4,7-8H2,1-2H3,(H,16,17). The van der Waals surface area contributed by atoms with Crippen LogP contribution in [0.15, 0.2) is 12.1 Å². The predicted octanol–water partition coefficient (Wildman–Crippen LogP) is 2.30. The van der Waals surface area contributed by atoms with Gasteiger partial charge in [0.1, 0.15) is 0 Å². The van der Waals surface area contributed by atoms with E-state index < -0.39 is 5.60 Å². The van der Waals surface area contributed by atoms with Crippen LogP contribution in [-0.2, 0) is 0 Å². The maximum absolute atomic E-state index is 12.0. The second-order valence-corrected chi connectivity index (χ2v) is 6.83. The van der Waals surface area contributed by atoms with E-state index in [2.05, 4.69) is 5.32 Å². The molecule has 0 fully saturated rings. The highest BCUT2D eigenvalue weighted by Gasteiger charge is 2.20. The molecule has 2 rings (SSSR count). The van der Waals surface area contributed by atoms with Crippen molar-refractivity contribution in [3.8, 4) is 11.5 Å². The Hall–Kier alpha value is -1.11. The maximum atomic E-state index is 12.0. The van der Waals surface area contributed by atoms with Crippen molar-refractivity contribution in [2.24, 2.45) is 0 Å². The third-order valence-corrected chi connectivity index (χ3v) is 4.36. The molecule has 116 valence electrons. The predicted molar refractivity (Wildman–Crippen MR) is 83.5 cm³/mol. The van der Waals surface area contributed by atoms with Gasteiger partial charge in [-0.05, 0) is 26.0 Å². The third-order valence-electron chi connectivity index (χ3n) is 2.68. The number of halogens is 1. The molecule has 1 aliphatic rings. The van der Waals surface area contributed by atoms with Crippen LogP contribution >= 0.6 is 23.4 Å². The molecule has 2 N–H and O–H groups in total. The minimum Gasteiger partial charge on any atom is -0.454 e. The highest BCUT2D eigenvalue weighted by atomic mass is 35.5. The van der Waals surface area contributed by atoms with Gasteiger partial charge in [-0.3, -0.25) is 4.79 Å². The molecule has 0 unspecified atom stereocenters. The van der Waals surface area contributed by atoms with E-state index in [1.165, 1.54) is 0 Å². The van der Waals surface area contributed by atoms with Crippen LogP contribution in [0.3, 0.4) is 0 Å². The Morgan fingerprint density at radius 1 is 1.48 bits per heavy atom. The average Bonchev–Trinajstić information content (AvgIpc) is 2.85. The molecule has 0 aromatic heterocycles. The number of nitrogens with one attached hydrogen (secondary N) is 1. The summed E-state index contributed by atoms with van der Waals surface area (Å²) in [5, 5.41) is 12.8. The van der Waals surface area contributed by atoms with E-state index >= 15 is 0 Å². The third kappa shape index (κ3) is 4.69. The molecular formula is C14H18ClNO4S. The fraction of sp³-hybridized carbons (Fsp3) is 0.500. The number of carbonyl (C=O) groups excluding carboxylic acids is 1. The molecule has 1 aromatic rings. The first-order valence-electron chi connectivity index (χ1n) is 6.54. The molecule has 0 saturated carbocycles. The van der Waals surface area contributed by atoms with Gasteiger partial charge in [0.2, 0.25) is 6.79 Å². The van der Waals surface area contributed by atoms with E-state index in [-0.39, 0.29) is 12.7 Å². The quantitative estimate of drug-likeness (QED) is 0.783. The number of fused-ring (bicyclic) bond motifs is 1. The number of thioether (sulfide) groups is 1. The number of hydrogen-bond donors (Lipinski definition) is 2. The van der Waals surface area contributed by atoms with E-state index in [0.717, 1.165) is 5.75 Å². The normalized spacial score (nSPS) is 13.3. The van der Waals surface area contributed by atoms with Crippen molar-refractivity contribution in [1.29, 1.82) is 0 Å². The molecule has 0 bridgehead atoms.